The van der Waals surface area contributed by atoms with Crippen LogP contribution < -0.4 is 9.64 Å². The Morgan fingerprint density at radius 1 is 1.09 bits per heavy atom. The van der Waals surface area contributed by atoms with Gasteiger partial charge in [-0.3, -0.25) is 4.79 Å². The molecule has 4 rings (SSSR count). The Balaban J connectivity index is 1.31. The van der Waals surface area contributed by atoms with Crippen molar-refractivity contribution in [2.45, 2.75) is 19.6 Å². The molecule has 2 heterocycles. The summed E-state index contributed by atoms with van der Waals surface area (Å²) in [5, 5.41) is 0. The van der Waals surface area contributed by atoms with Gasteiger partial charge in [-0.15, -0.1) is 0 Å². The monoisotopic (exact) mass is 436 g/mol. The van der Waals surface area contributed by atoms with Gasteiger partial charge in [0.2, 0.25) is 11.8 Å². The number of carbonyl (C=O) groups is 1. The minimum Gasteiger partial charge on any atom is -0.439 e. The molecule has 32 heavy (non-hydrogen) atoms. The highest BCUT2D eigenvalue weighted by molar-refractivity contribution is 5.78. The number of amides is 1. The van der Waals surface area contributed by atoms with E-state index in [1.54, 1.807) is 18.2 Å². The first-order valence-electron chi connectivity index (χ1n) is 10.5. The SMILES string of the molecule is C[C@H]1CN(c2cc(Oc3cccc(F)c3)ncn2)CCN1C(=O)COCc1ccccc1. The van der Waals surface area contributed by atoms with E-state index in [-0.39, 0.29) is 24.4 Å². The minimum absolute atomic E-state index is 0.000807. The molecule has 1 aromatic heterocycles. The Hall–Kier alpha value is -3.52. The van der Waals surface area contributed by atoms with Crippen molar-refractivity contribution >= 4 is 11.7 Å². The van der Waals surface area contributed by atoms with Crippen LogP contribution in [0, 0.1) is 5.82 Å². The van der Waals surface area contributed by atoms with E-state index in [4.69, 9.17) is 9.47 Å². The largest absolute Gasteiger partial charge is 0.439 e. The quantitative estimate of drug-likeness (QED) is 0.563. The van der Waals surface area contributed by atoms with Crippen LogP contribution in [0.25, 0.3) is 0 Å². The van der Waals surface area contributed by atoms with Gasteiger partial charge in [0.15, 0.2) is 0 Å². The fraction of sp³-hybridized carbons (Fsp3) is 0.292. The lowest BCUT2D eigenvalue weighted by atomic mass is 10.2. The highest BCUT2D eigenvalue weighted by atomic mass is 19.1. The van der Waals surface area contributed by atoms with Crippen molar-refractivity contribution in [2.24, 2.45) is 0 Å². The average Bonchev–Trinajstić information content (AvgIpc) is 2.80. The predicted molar refractivity (Wildman–Crippen MR) is 118 cm³/mol. The Morgan fingerprint density at radius 3 is 2.72 bits per heavy atom. The number of nitrogens with zero attached hydrogens (tertiary/aromatic N) is 4. The predicted octanol–water partition coefficient (Wildman–Crippen LogP) is 3.66. The second-order valence-electron chi connectivity index (χ2n) is 7.63. The molecule has 166 valence electrons. The standard InChI is InChI=1S/C24H25FN4O3/c1-18-14-28(10-11-29(18)24(30)16-31-15-19-6-3-2-4-7-19)22-13-23(27-17-26-22)32-21-9-5-8-20(25)12-21/h2-9,12-13,17-18H,10-11,14-16H2,1H3/t18-/m0/s1. The topological polar surface area (TPSA) is 67.8 Å². The van der Waals surface area contributed by atoms with Crippen molar-refractivity contribution in [1.82, 2.24) is 14.9 Å². The molecule has 3 aromatic rings. The lowest BCUT2D eigenvalue weighted by Gasteiger charge is -2.40. The van der Waals surface area contributed by atoms with Gasteiger partial charge < -0.3 is 19.3 Å². The van der Waals surface area contributed by atoms with E-state index in [0.717, 1.165) is 5.56 Å². The first-order valence-corrected chi connectivity index (χ1v) is 10.5. The Kier molecular flexibility index (Phi) is 6.91. The summed E-state index contributed by atoms with van der Waals surface area (Å²) >= 11 is 0. The molecule has 7 nitrogen and oxygen atoms in total. The number of hydrogen-bond acceptors (Lipinski definition) is 6. The Labute approximate surface area is 186 Å². The number of rotatable bonds is 7. The molecule has 0 unspecified atom stereocenters. The molecule has 1 fully saturated rings. The van der Waals surface area contributed by atoms with Gasteiger partial charge in [-0.05, 0) is 24.6 Å². The van der Waals surface area contributed by atoms with Crippen molar-refractivity contribution < 1.29 is 18.7 Å². The van der Waals surface area contributed by atoms with E-state index in [1.165, 1.54) is 18.5 Å². The van der Waals surface area contributed by atoms with Gasteiger partial charge in [0.05, 0.1) is 6.61 Å². The summed E-state index contributed by atoms with van der Waals surface area (Å²) in [4.78, 5) is 25.0. The molecule has 1 atom stereocenters. The molecule has 0 spiro atoms. The number of ether oxygens (including phenoxy) is 2. The molecule has 0 radical (unpaired) electrons. The third kappa shape index (κ3) is 5.59. The van der Waals surface area contributed by atoms with Crippen molar-refractivity contribution in [3.63, 3.8) is 0 Å². The molecule has 0 aliphatic carbocycles. The molecule has 0 N–H and O–H groups in total. The number of halogens is 1. The summed E-state index contributed by atoms with van der Waals surface area (Å²) in [5.74, 6) is 1.01. The number of carbonyl (C=O) groups excluding carboxylic acids is 1. The molecule has 8 heteroatoms. The first-order chi connectivity index (χ1) is 15.6. The second-order valence-corrected chi connectivity index (χ2v) is 7.63. The van der Waals surface area contributed by atoms with E-state index in [9.17, 15) is 9.18 Å². The zero-order valence-corrected chi connectivity index (χ0v) is 17.9. The maximum Gasteiger partial charge on any atom is 0.248 e. The molecule has 1 aliphatic heterocycles. The Bertz CT molecular complexity index is 1050. The molecule has 1 aliphatic rings. The van der Waals surface area contributed by atoms with Gasteiger partial charge in [-0.25, -0.2) is 14.4 Å². The summed E-state index contributed by atoms with van der Waals surface area (Å²) in [6.45, 7) is 4.30. The summed E-state index contributed by atoms with van der Waals surface area (Å²) in [6.07, 6.45) is 1.42. The third-order valence-corrected chi connectivity index (χ3v) is 5.25. The Morgan fingerprint density at radius 2 is 1.94 bits per heavy atom. The van der Waals surface area contributed by atoms with E-state index < -0.39 is 0 Å². The van der Waals surface area contributed by atoms with Crippen LogP contribution >= 0.6 is 0 Å². The van der Waals surface area contributed by atoms with Gasteiger partial charge in [-0.1, -0.05) is 36.4 Å². The normalized spacial score (nSPS) is 16.1. The maximum atomic E-state index is 13.4. The summed E-state index contributed by atoms with van der Waals surface area (Å²) < 4.78 is 24.7. The van der Waals surface area contributed by atoms with Crippen LogP contribution in [0.1, 0.15) is 12.5 Å². The molecule has 1 amide bonds. The van der Waals surface area contributed by atoms with Gasteiger partial charge in [-0.2, -0.15) is 0 Å². The van der Waals surface area contributed by atoms with Crippen LogP contribution in [0.2, 0.25) is 0 Å². The molecule has 0 bridgehead atoms. The zero-order chi connectivity index (χ0) is 22.3. The lowest BCUT2D eigenvalue weighted by molar-refractivity contribution is -0.139. The van der Waals surface area contributed by atoms with Crippen LogP contribution in [-0.4, -0.2) is 53.1 Å². The van der Waals surface area contributed by atoms with E-state index >= 15 is 0 Å². The van der Waals surface area contributed by atoms with Crippen molar-refractivity contribution in [3.8, 4) is 11.6 Å². The zero-order valence-electron chi connectivity index (χ0n) is 17.9. The van der Waals surface area contributed by atoms with Crippen LogP contribution in [-0.2, 0) is 16.1 Å². The first kappa shape index (κ1) is 21.7. The second kappa shape index (κ2) is 10.2. The molecule has 1 saturated heterocycles. The fourth-order valence-corrected chi connectivity index (χ4v) is 3.66. The van der Waals surface area contributed by atoms with Gasteiger partial charge in [0, 0.05) is 37.8 Å². The van der Waals surface area contributed by atoms with E-state index in [2.05, 4.69) is 14.9 Å². The molecular formula is C24H25FN4O3. The van der Waals surface area contributed by atoms with Crippen LogP contribution in [0.4, 0.5) is 10.2 Å². The molecule has 2 aromatic carbocycles. The van der Waals surface area contributed by atoms with Crippen LogP contribution in [0.3, 0.4) is 0 Å². The lowest BCUT2D eigenvalue weighted by Crippen LogP contribution is -2.55. The number of hydrogen-bond donors (Lipinski definition) is 0. The number of anilines is 1. The fourth-order valence-electron chi connectivity index (χ4n) is 3.66. The highest BCUT2D eigenvalue weighted by Gasteiger charge is 2.28. The van der Waals surface area contributed by atoms with Crippen molar-refractivity contribution in [3.05, 3.63) is 78.4 Å². The smallest absolute Gasteiger partial charge is 0.248 e. The van der Waals surface area contributed by atoms with Gasteiger partial charge >= 0.3 is 0 Å². The average molecular weight is 436 g/mol. The van der Waals surface area contributed by atoms with E-state index in [0.29, 0.717) is 43.7 Å². The summed E-state index contributed by atoms with van der Waals surface area (Å²) in [5.41, 5.74) is 1.04. The van der Waals surface area contributed by atoms with Gasteiger partial charge in [0.25, 0.3) is 0 Å². The molecule has 0 saturated carbocycles. The van der Waals surface area contributed by atoms with Gasteiger partial charge in [0.1, 0.15) is 30.3 Å². The number of aromatic nitrogens is 2. The van der Waals surface area contributed by atoms with Crippen LogP contribution in [0.15, 0.2) is 67.0 Å². The third-order valence-electron chi connectivity index (χ3n) is 5.25. The summed E-state index contributed by atoms with van der Waals surface area (Å²) in [7, 11) is 0. The summed E-state index contributed by atoms with van der Waals surface area (Å²) in [6, 6.07) is 17.4. The highest BCUT2D eigenvalue weighted by Crippen LogP contribution is 2.24. The minimum atomic E-state index is -0.376. The van der Waals surface area contributed by atoms with Crippen molar-refractivity contribution in [2.75, 3.05) is 31.1 Å². The number of benzene rings is 2. The van der Waals surface area contributed by atoms with E-state index in [1.807, 2.05) is 42.2 Å². The molecular weight excluding hydrogens is 411 g/mol. The van der Waals surface area contributed by atoms with Crippen molar-refractivity contribution in [1.29, 1.82) is 0 Å². The maximum absolute atomic E-state index is 13.4. The van der Waals surface area contributed by atoms with Crippen LogP contribution in [0.5, 0.6) is 11.6 Å². The number of piperazine rings is 1.